The summed E-state index contributed by atoms with van der Waals surface area (Å²) in [7, 11) is 1.32. The summed E-state index contributed by atoms with van der Waals surface area (Å²) in [6, 6.07) is 21.4. The minimum atomic E-state index is -5.93. The molecule has 77 heavy (non-hydrogen) atoms. The van der Waals surface area contributed by atoms with Crippen molar-refractivity contribution in [3.05, 3.63) is 152 Å². The van der Waals surface area contributed by atoms with Crippen molar-refractivity contribution in [3.63, 3.8) is 0 Å². The van der Waals surface area contributed by atoms with Crippen molar-refractivity contribution in [2.24, 2.45) is 0 Å². The molecule has 0 aromatic heterocycles. The predicted octanol–water partition coefficient (Wildman–Crippen LogP) is 15.1. The van der Waals surface area contributed by atoms with Gasteiger partial charge in [0.05, 0.1) is 20.0 Å². The Balaban J connectivity index is 0.000000405. The summed E-state index contributed by atoms with van der Waals surface area (Å²) in [5, 5.41) is 27.6. The van der Waals surface area contributed by atoms with Crippen molar-refractivity contribution < 1.29 is 82.3 Å². The van der Waals surface area contributed by atoms with E-state index in [0.717, 1.165) is 44.5 Å². The Hall–Kier alpha value is -6.50. The van der Waals surface area contributed by atoms with Gasteiger partial charge in [0.1, 0.15) is 0 Å². The lowest BCUT2D eigenvalue weighted by Gasteiger charge is -2.34. The molecule has 0 atom stereocenters. The minimum Gasteiger partial charge on any atom is -0.481 e. The number of benzene rings is 4. The number of rotatable bonds is 16. The van der Waals surface area contributed by atoms with Crippen LogP contribution in [0.5, 0.6) is 0 Å². The third-order valence-corrected chi connectivity index (χ3v) is 13.9. The maximum atomic E-state index is 13.0. The molecule has 6 nitrogen and oxygen atoms in total. The highest BCUT2D eigenvalue weighted by Crippen LogP contribution is 2.47. The topological polar surface area (TPSA) is 104 Å². The Morgan fingerprint density at radius 3 is 1.05 bits per heavy atom. The molecule has 0 saturated heterocycles. The molecule has 4 rings (SSSR count). The third-order valence-electron chi connectivity index (χ3n) is 13.9. The van der Waals surface area contributed by atoms with Crippen LogP contribution >= 0.6 is 0 Å². The van der Waals surface area contributed by atoms with Gasteiger partial charge in [-0.1, -0.05) is 124 Å². The SMILES string of the molecule is CCC(CC)(c1ccc(C#CCCC(=O)O)c(C)c1)c1ccc(/C=C/C(O)(C(F)(F)F)C(F)(F)F)c(C)c1.CCC(CC)(c1ccc(C#CCCC(=O)OC)c(C)c1)c1ccc(/C=C/C(O)(C(F)(F)F)C(F)(F)F)c(C)c1. The lowest BCUT2D eigenvalue weighted by molar-refractivity contribution is -0.348. The molecule has 0 unspecified atom stereocenters. The zero-order valence-electron chi connectivity index (χ0n) is 44.0. The molecule has 0 radical (unpaired) electrons. The lowest BCUT2D eigenvalue weighted by atomic mass is 9.69. The average molecular weight is 1100 g/mol. The number of aliphatic hydroxyl groups is 2. The fraction of sp³-hybridized carbons (Fsp3) is 0.424. The van der Waals surface area contributed by atoms with Gasteiger partial charge >= 0.3 is 36.6 Å². The van der Waals surface area contributed by atoms with Crippen LogP contribution in [0.25, 0.3) is 12.2 Å². The number of esters is 1. The number of carboxylic acids is 1. The van der Waals surface area contributed by atoms with Crippen LogP contribution in [0.4, 0.5) is 52.7 Å². The van der Waals surface area contributed by atoms with Crippen molar-refractivity contribution in [2.45, 2.75) is 153 Å². The highest BCUT2D eigenvalue weighted by Gasteiger charge is 2.70. The number of halogens is 12. The zero-order valence-corrected chi connectivity index (χ0v) is 44.0. The quantitative estimate of drug-likeness (QED) is 0.0587. The summed E-state index contributed by atoms with van der Waals surface area (Å²) in [6.45, 7) is 15.0. The van der Waals surface area contributed by atoms with Gasteiger partial charge in [0.25, 0.3) is 11.2 Å². The van der Waals surface area contributed by atoms with Crippen LogP contribution in [-0.2, 0) is 25.2 Å². The molecule has 0 saturated carbocycles. The van der Waals surface area contributed by atoms with Gasteiger partial charge in [-0.2, -0.15) is 52.7 Å². The first-order chi connectivity index (χ1) is 35.6. The maximum absolute atomic E-state index is 13.0. The number of alkyl halides is 12. The van der Waals surface area contributed by atoms with Gasteiger partial charge in [0.2, 0.25) is 0 Å². The van der Waals surface area contributed by atoms with Gasteiger partial charge in [0.15, 0.2) is 0 Å². The minimum absolute atomic E-state index is 0.0465. The van der Waals surface area contributed by atoms with Crippen molar-refractivity contribution >= 4 is 24.1 Å². The molecule has 18 heteroatoms. The number of hydrogen-bond acceptors (Lipinski definition) is 5. The number of carbonyl (C=O) groups excluding carboxylic acids is 1. The number of carboxylic acid groups (broad SMARTS) is 1. The van der Waals surface area contributed by atoms with Gasteiger partial charge in [-0.25, -0.2) is 0 Å². The molecule has 0 fully saturated rings. The number of hydrogen-bond donors (Lipinski definition) is 3. The van der Waals surface area contributed by atoms with Gasteiger partial charge in [0, 0.05) is 34.8 Å². The van der Waals surface area contributed by atoms with Crippen LogP contribution in [0.1, 0.15) is 146 Å². The number of carbonyl (C=O) groups is 2. The summed E-state index contributed by atoms with van der Waals surface area (Å²) in [5.41, 5.74) is -2.63. The van der Waals surface area contributed by atoms with E-state index in [1.807, 2.05) is 77.9 Å². The first-order valence-electron chi connectivity index (χ1n) is 24.4. The van der Waals surface area contributed by atoms with E-state index in [-0.39, 0.29) is 48.5 Å². The van der Waals surface area contributed by atoms with E-state index in [0.29, 0.717) is 55.4 Å². The lowest BCUT2D eigenvalue weighted by Crippen LogP contribution is -2.55. The van der Waals surface area contributed by atoms with Crippen LogP contribution in [0, 0.1) is 51.4 Å². The molecular weight excluding hydrogens is 1030 g/mol. The van der Waals surface area contributed by atoms with Gasteiger partial charge < -0.3 is 20.1 Å². The second kappa shape index (κ2) is 25.8. The number of methoxy groups -OCH3 is 1. The summed E-state index contributed by atoms with van der Waals surface area (Å²) < 4.78 is 161. The van der Waals surface area contributed by atoms with Crippen LogP contribution < -0.4 is 0 Å². The Morgan fingerprint density at radius 1 is 0.494 bits per heavy atom. The van der Waals surface area contributed by atoms with Crippen molar-refractivity contribution in [1.29, 1.82) is 0 Å². The second-order valence-electron chi connectivity index (χ2n) is 18.5. The highest BCUT2D eigenvalue weighted by molar-refractivity contribution is 5.69. The average Bonchev–Trinajstić information content (AvgIpc) is 3.34. The fourth-order valence-electron chi connectivity index (χ4n) is 8.86. The smallest absolute Gasteiger partial charge is 0.430 e. The number of ether oxygens (including phenoxy) is 1. The predicted molar refractivity (Wildman–Crippen MR) is 272 cm³/mol. The fourth-order valence-corrected chi connectivity index (χ4v) is 8.86. The molecule has 418 valence electrons. The van der Waals surface area contributed by atoms with Crippen molar-refractivity contribution in [3.8, 4) is 23.7 Å². The molecule has 0 bridgehead atoms. The van der Waals surface area contributed by atoms with E-state index >= 15 is 0 Å². The molecule has 4 aromatic carbocycles. The summed E-state index contributed by atoms with van der Waals surface area (Å²) >= 11 is 0. The molecule has 3 N–H and O–H groups in total. The summed E-state index contributed by atoms with van der Waals surface area (Å²) in [6.07, 6.45) is -19.5. The van der Waals surface area contributed by atoms with Gasteiger partial charge in [-0.05, 0) is 133 Å². The highest BCUT2D eigenvalue weighted by atomic mass is 19.4. The van der Waals surface area contributed by atoms with Crippen LogP contribution in [0.3, 0.4) is 0 Å². The van der Waals surface area contributed by atoms with Crippen molar-refractivity contribution in [1.82, 2.24) is 0 Å². The first-order valence-corrected chi connectivity index (χ1v) is 24.4. The Kier molecular flexibility index (Phi) is 21.7. The van der Waals surface area contributed by atoms with Crippen LogP contribution in [0.15, 0.2) is 84.9 Å². The molecule has 0 aliphatic rings. The number of aliphatic carboxylic acids is 1. The Morgan fingerprint density at radius 2 is 0.792 bits per heavy atom. The molecular formula is C59H62F12O6. The third kappa shape index (κ3) is 15.0. The monoisotopic (exact) mass is 1090 g/mol. The maximum Gasteiger partial charge on any atom is 0.430 e. The standard InChI is InChI=1S/C30H32F6O3.C29H30F6O3/c1-6-27(7-2,24-14-12-22(20(3)18-24)10-8-9-11-26(37)39-5)25-15-13-23(21(4)19-25)16-17-28(38,29(31,32)33)30(34,35)36;1-5-26(6-2,23-13-11-21(19(3)17-23)9-7-8-10-25(36)37)24-14-12-22(20(4)18-24)15-16-27(38,28(30,31)32)29(33,34)35/h12-19,38H,6-7,9,11H2,1-5H3;11-18,38H,5-6,8,10H2,1-4H3,(H,36,37)/b17-16+;16-15+. The molecule has 0 heterocycles. The normalized spacial score (nSPS) is 12.9. The van der Waals surface area contributed by atoms with E-state index in [4.69, 9.17) is 5.11 Å². The Labute approximate surface area is 441 Å². The molecule has 0 spiro atoms. The Bertz CT molecular complexity index is 2860. The summed E-state index contributed by atoms with van der Waals surface area (Å²) in [5.74, 6) is 10.6. The second-order valence-corrected chi connectivity index (χ2v) is 18.5. The van der Waals surface area contributed by atoms with Crippen molar-refractivity contribution in [2.75, 3.05) is 7.11 Å². The largest absolute Gasteiger partial charge is 0.481 e. The van der Waals surface area contributed by atoms with Crippen LogP contribution in [0.2, 0.25) is 0 Å². The van der Waals surface area contributed by atoms with E-state index in [2.05, 4.69) is 28.4 Å². The first kappa shape index (κ1) is 64.8. The van der Waals surface area contributed by atoms with Gasteiger partial charge in [-0.15, -0.1) is 0 Å². The molecule has 0 aliphatic carbocycles. The number of aryl methyl sites for hydroxylation is 4. The van der Waals surface area contributed by atoms with Crippen LogP contribution in [-0.4, -0.2) is 70.3 Å². The molecule has 0 aliphatic heterocycles. The molecule has 0 amide bonds. The van der Waals surface area contributed by atoms with E-state index in [9.17, 15) is 72.5 Å². The van der Waals surface area contributed by atoms with E-state index in [1.54, 1.807) is 38.1 Å². The van der Waals surface area contributed by atoms with Gasteiger partial charge in [-0.3, -0.25) is 9.59 Å². The van der Waals surface area contributed by atoms with E-state index < -0.39 is 52.7 Å². The zero-order chi connectivity index (χ0) is 58.6. The van der Waals surface area contributed by atoms with E-state index in [1.165, 1.54) is 19.2 Å². The summed E-state index contributed by atoms with van der Waals surface area (Å²) in [4.78, 5) is 21.9. The molecule has 4 aromatic rings.